The molecular weight excluding hydrogens is 394 g/mol. The molecule has 5 N–H and O–H groups in total. The van der Waals surface area contributed by atoms with Gasteiger partial charge >= 0.3 is 0 Å². The van der Waals surface area contributed by atoms with Gasteiger partial charge in [0.05, 0.1) is 6.04 Å². The summed E-state index contributed by atoms with van der Waals surface area (Å²) in [6, 6.07) is 2.55. The summed E-state index contributed by atoms with van der Waals surface area (Å²) in [6.07, 6.45) is 4.03. The Bertz CT molecular complexity index is 908. The number of ketones is 1. The van der Waals surface area contributed by atoms with Crippen molar-refractivity contribution in [3.63, 3.8) is 0 Å². The molecule has 29 heavy (non-hydrogen) atoms. The molecule has 2 aromatic rings. The second-order valence-corrected chi connectivity index (χ2v) is 7.00. The Hall–Kier alpha value is -3.21. The number of nitrogens with zero attached hydrogens (tertiary/aromatic N) is 3. The molecule has 0 spiro atoms. The third-order valence-corrected chi connectivity index (χ3v) is 4.90. The number of hydrogen-bond donors (Lipinski definition) is 4. The van der Waals surface area contributed by atoms with E-state index >= 15 is 0 Å². The number of aliphatic imine (C=N–C) groups is 1. The summed E-state index contributed by atoms with van der Waals surface area (Å²) < 4.78 is 1.28. The number of rotatable bonds is 10. The SMILES string of the molecule is CN=C(N)NCCC[C@H](NC(=O)Cn1cccc(NC)c1=O)C(=O)c1nccs1. The first-order valence-electron chi connectivity index (χ1n) is 9.02. The number of nitrogens with one attached hydrogen (secondary N) is 3. The van der Waals surface area contributed by atoms with Crippen LogP contribution in [-0.2, 0) is 11.3 Å². The highest BCUT2D eigenvalue weighted by atomic mass is 32.1. The molecule has 2 aromatic heterocycles. The predicted octanol–water partition coefficient (Wildman–Crippen LogP) is 0.0285. The van der Waals surface area contributed by atoms with Crippen molar-refractivity contribution in [1.82, 2.24) is 20.2 Å². The van der Waals surface area contributed by atoms with E-state index in [9.17, 15) is 14.4 Å². The average molecular weight is 420 g/mol. The minimum atomic E-state index is -0.751. The van der Waals surface area contributed by atoms with Crippen LogP contribution in [-0.4, -0.2) is 53.9 Å². The van der Waals surface area contributed by atoms with Gasteiger partial charge in [0.2, 0.25) is 11.7 Å². The number of anilines is 1. The Labute approximate surface area is 172 Å². The monoisotopic (exact) mass is 419 g/mol. The van der Waals surface area contributed by atoms with Crippen molar-refractivity contribution in [3.8, 4) is 0 Å². The van der Waals surface area contributed by atoms with Crippen LogP contribution in [0.25, 0.3) is 0 Å². The molecule has 2 rings (SSSR count). The lowest BCUT2D eigenvalue weighted by atomic mass is 10.1. The van der Waals surface area contributed by atoms with E-state index in [1.54, 1.807) is 37.8 Å². The summed E-state index contributed by atoms with van der Waals surface area (Å²) >= 11 is 1.22. The molecule has 0 fully saturated rings. The summed E-state index contributed by atoms with van der Waals surface area (Å²) in [5, 5.41) is 10.5. The first-order valence-corrected chi connectivity index (χ1v) is 9.90. The molecule has 0 radical (unpaired) electrons. The van der Waals surface area contributed by atoms with E-state index in [4.69, 9.17) is 5.73 Å². The molecule has 0 bridgehead atoms. The average Bonchev–Trinajstić information content (AvgIpc) is 3.26. The zero-order chi connectivity index (χ0) is 21.2. The zero-order valence-electron chi connectivity index (χ0n) is 16.3. The predicted molar refractivity (Wildman–Crippen MR) is 113 cm³/mol. The van der Waals surface area contributed by atoms with E-state index in [0.29, 0.717) is 36.0 Å². The van der Waals surface area contributed by atoms with Crippen LogP contribution < -0.4 is 27.2 Å². The van der Waals surface area contributed by atoms with Gasteiger partial charge in [-0.2, -0.15) is 0 Å². The van der Waals surface area contributed by atoms with E-state index in [1.165, 1.54) is 22.1 Å². The van der Waals surface area contributed by atoms with E-state index in [1.807, 2.05) is 0 Å². The van der Waals surface area contributed by atoms with Gasteiger partial charge in [-0.15, -0.1) is 11.3 Å². The van der Waals surface area contributed by atoms with E-state index in [-0.39, 0.29) is 17.9 Å². The Morgan fingerprint density at radius 1 is 1.41 bits per heavy atom. The number of carbonyl (C=O) groups excluding carboxylic acids is 2. The Kier molecular flexibility index (Phi) is 8.34. The normalized spacial score (nSPS) is 12.3. The molecule has 0 saturated carbocycles. The molecule has 0 aliphatic carbocycles. The van der Waals surface area contributed by atoms with Crippen molar-refractivity contribution in [1.29, 1.82) is 0 Å². The van der Waals surface area contributed by atoms with E-state index in [0.717, 1.165) is 0 Å². The number of pyridine rings is 1. The van der Waals surface area contributed by atoms with Crippen LogP contribution in [0, 0.1) is 0 Å². The molecule has 1 atom stereocenters. The van der Waals surface area contributed by atoms with Gasteiger partial charge < -0.3 is 26.3 Å². The summed E-state index contributed by atoms with van der Waals surface area (Å²) in [5.41, 5.74) is 5.66. The van der Waals surface area contributed by atoms with Crippen LogP contribution in [0.3, 0.4) is 0 Å². The van der Waals surface area contributed by atoms with Gasteiger partial charge in [0.15, 0.2) is 11.0 Å². The van der Waals surface area contributed by atoms with Crippen molar-refractivity contribution in [3.05, 3.63) is 45.3 Å². The molecule has 0 aliphatic heterocycles. The smallest absolute Gasteiger partial charge is 0.274 e. The number of thiazole rings is 1. The van der Waals surface area contributed by atoms with E-state index < -0.39 is 11.9 Å². The highest BCUT2D eigenvalue weighted by Crippen LogP contribution is 2.11. The third-order valence-electron chi connectivity index (χ3n) is 4.11. The molecular formula is C18H25N7O3S. The lowest BCUT2D eigenvalue weighted by Gasteiger charge is -2.17. The fourth-order valence-corrected chi connectivity index (χ4v) is 3.24. The standard InChI is InChI=1S/C18H25N7O3S/c1-20-13-6-4-9-25(17(13)28)11-14(26)24-12(5-3-7-23-18(19)21-2)15(27)16-22-8-10-29-16/h4,6,8-10,12,20H,3,5,7,11H2,1-2H3,(H,24,26)(H3,19,21,23)/t12-/m0/s1. The highest BCUT2D eigenvalue weighted by Gasteiger charge is 2.24. The van der Waals surface area contributed by atoms with Crippen molar-refractivity contribution < 1.29 is 9.59 Å². The minimum absolute atomic E-state index is 0.191. The third kappa shape index (κ3) is 6.42. The molecule has 1 amide bonds. The van der Waals surface area contributed by atoms with Crippen LogP contribution in [0.15, 0.2) is 39.7 Å². The first-order chi connectivity index (χ1) is 14.0. The van der Waals surface area contributed by atoms with Gasteiger partial charge in [0.25, 0.3) is 5.56 Å². The molecule has 0 unspecified atom stereocenters. The molecule has 10 nitrogen and oxygen atoms in total. The molecule has 11 heteroatoms. The van der Waals surface area contributed by atoms with Gasteiger partial charge in [-0.3, -0.25) is 19.4 Å². The number of carbonyl (C=O) groups is 2. The second kappa shape index (κ2) is 11.0. The maximum atomic E-state index is 12.7. The summed E-state index contributed by atoms with van der Waals surface area (Å²) in [6.45, 7) is 0.314. The van der Waals surface area contributed by atoms with Crippen LogP contribution in [0.4, 0.5) is 5.69 Å². The molecule has 156 valence electrons. The molecule has 0 aliphatic rings. The fourth-order valence-electron chi connectivity index (χ4n) is 2.61. The van der Waals surface area contributed by atoms with Crippen molar-refractivity contribution in [2.45, 2.75) is 25.4 Å². The van der Waals surface area contributed by atoms with Gasteiger partial charge in [-0.25, -0.2) is 4.98 Å². The van der Waals surface area contributed by atoms with Gasteiger partial charge in [0.1, 0.15) is 12.2 Å². The minimum Gasteiger partial charge on any atom is -0.384 e. The van der Waals surface area contributed by atoms with Gasteiger partial charge in [-0.05, 0) is 25.0 Å². The topological polar surface area (TPSA) is 144 Å². The molecule has 2 heterocycles. The van der Waals surface area contributed by atoms with Gasteiger partial charge in [-0.1, -0.05) is 0 Å². The maximum absolute atomic E-state index is 12.7. The highest BCUT2D eigenvalue weighted by molar-refractivity contribution is 7.11. The maximum Gasteiger partial charge on any atom is 0.274 e. The fraction of sp³-hybridized carbons (Fsp3) is 0.389. The van der Waals surface area contributed by atoms with Crippen molar-refractivity contribution in [2.75, 3.05) is 26.0 Å². The summed E-state index contributed by atoms with van der Waals surface area (Å²) in [7, 11) is 3.20. The quantitative estimate of drug-likeness (QED) is 0.184. The Morgan fingerprint density at radius 2 is 2.21 bits per heavy atom. The molecule has 0 saturated heterocycles. The largest absolute Gasteiger partial charge is 0.384 e. The van der Waals surface area contributed by atoms with E-state index in [2.05, 4.69) is 25.9 Å². The zero-order valence-corrected chi connectivity index (χ0v) is 17.2. The Balaban J connectivity index is 2.05. The number of aromatic nitrogens is 2. The number of nitrogens with two attached hydrogens (primary N) is 1. The number of hydrogen-bond acceptors (Lipinski definition) is 7. The number of amides is 1. The van der Waals surface area contributed by atoms with Crippen LogP contribution >= 0.6 is 11.3 Å². The lowest BCUT2D eigenvalue weighted by molar-refractivity contribution is -0.122. The molecule has 0 aromatic carbocycles. The number of Topliss-reactive ketones (excluding diaryl/α,β-unsaturated/α-hetero) is 1. The Morgan fingerprint density at radius 3 is 2.86 bits per heavy atom. The second-order valence-electron chi connectivity index (χ2n) is 6.10. The summed E-state index contributed by atoms with van der Waals surface area (Å²) in [5.74, 6) is -0.389. The van der Waals surface area contributed by atoms with Crippen LogP contribution in [0.2, 0.25) is 0 Å². The number of guanidine groups is 1. The van der Waals surface area contributed by atoms with Crippen molar-refractivity contribution >= 4 is 34.7 Å². The van der Waals surface area contributed by atoms with Crippen molar-refractivity contribution in [2.24, 2.45) is 10.7 Å². The first kappa shape index (κ1) is 22.1. The van der Waals surface area contributed by atoms with Crippen LogP contribution in [0.1, 0.15) is 22.6 Å². The van der Waals surface area contributed by atoms with Crippen LogP contribution in [0.5, 0.6) is 0 Å². The van der Waals surface area contributed by atoms with Gasteiger partial charge in [0, 0.05) is 38.4 Å². The summed E-state index contributed by atoms with van der Waals surface area (Å²) in [4.78, 5) is 45.3. The lowest BCUT2D eigenvalue weighted by Crippen LogP contribution is -2.44.